The van der Waals surface area contributed by atoms with Gasteiger partial charge in [-0.05, 0) is 30.7 Å². The van der Waals surface area contributed by atoms with Gasteiger partial charge in [-0.15, -0.1) is 0 Å². The zero-order chi connectivity index (χ0) is 15.4. The SMILES string of the molecule is CNC(C(=O)O)[C@@H]1OC(OCc2cccc(Cl)c2)C[C@H]1C. The van der Waals surface area contributed by atoms with Crippen molar-refractivity contribution in [3.05, 3.63) is 34.9 Å². The molecule has 1 heterocycles. The molecule has 0 bridgehead atoms. The standard InChI is InChI=1S/C15H20ClNO4/c1-9-6-12(21-14(9)13(17-2)15(18)19)20-8-10-4-3-5-11(16)7-10/h3-5,7,9,12-14,17H,6,8H2,1-2H3,(H,18,19)/t9-,12?,13?,14-/m1/s1. The highest BCUT2D eigenvalue weighted by Crippen LogP contribution is 2.29. The van der Waals surface area contributed by atoms with Gasteiger partial charge in [0.25, 0.3) is 0 Å². The molecule has 2 unspecified atom stereocenters. The van der Waals surface area contributed by atoms with E-state index < -0.39 is 18.1 Å². The first-order valence-electron chi connectivity index (χ1n) is 6.93. The van der Waals surface area contributed by atoms with Gasteiger partial charge in [0.05, 0.1) is 12.7 Å². The second-order valence-electron chi connectivity index (χ2n) is 5.29. The minimum Gasteiger partial charge on any atom is -0.480 e. The Bertz CT molecular complexity index is 496. The lowest BCUT2D eigenvalue weighted by molar-refractivity contribution is -0.160. The molecule has 0 aromatic heterocycles. The molecule has 5 nitrogen and oxygen atoms in total. The highest BCUT2D eigenvalue weighted by Gasteiger charge is 2.40. The number of likely N-dealkylation sites (N-methyl/N-ethyl adjacent to an activating group) is 1. The number of carboxylic acid groups (broad SMARTS) is 1. The van der Waals surface area contributed by atoms with Gasteiger partial charge in [-0.3, -0.25) is 4.79 Å². The van der Waals surface area contributed by atoms with E-state index in [1.165, 1.54) is 0 Å². The van der Waals surface area contributed by atoms with E-state index in [1.54, 1.807) is 13.1 Å². The van der Waals surface area contributed by atoms with Crippen LogP contribution >= 0.6 is 11.6 Å². The molecule has 1 fully saturated rings. The second kappa shape index (κ2) is 7.22. The zero-order valence-corrected chi connectivity index (χ0v) is 12.8. The topological polar surface area (TPSA) is 67.8 Å². The Morgan fingerprint density at radius 2 is 2.38 bits per heavy atom. The molecule has 1 saturated heterocycles. The molecule has 2 N–H and O–H groups in total. The fraction of sp³-hybridized carbons (Fsp3) is 0.533. The maximum Gasteiger partial charge on any atom is 0.323 e. The normalized spacial score (nSPS) is 26.7. The fourth-order valence-corrected chi connectivity index (χ4v) is 2.77. The zero-order valence-electron chi connectivity index (χ0n) is 12.1. The van der Waals surface area contributed by atoms with Crippen LogP contribution in [0.15, 0.2) is 24.3 Å². The molecule has 21 heavy (non-hydrogen) atoms. The monoisotopic (exact) mass is 313 g/mol. The van der Waals surface area contributed by atoms with Crippen molar-refractivity contribution in [2.24, 2.45) is 5.92 Å². The number of halogens is 1. The van der Waals surface area contributed by atoms with Crippen LogP contribution in [0.4, 0.5) is 0 Å². The second-order valence-corrected chi connectivity index (χ2v) is 5.73. The van der Waals surface area contributed by atoms with Gasteiger partial charge >= 0.3 is 5.97 Å². The molecule has 0 saturated carbocycles. The lowest BCUT2D eigenvalue weighted by Gasteiger charge is -2.22. The van der Waals surface area contributed by atoms with Gasteiger partial charge in [0.1, 0.15) is 6.04 Å². The minimum absolute atomic E-state index is 0.114. The number of nitrogens with one attached hydrogen (secondary N) is 1. The van der Waals surface area contributed by atoms with E-state index in [4.69, 9.17) is 21.1 Å². The summed E-state index contributed by atoms with van der Waals surface area (Å²) in [5.74, 6) is -0.798. The molecule has 2 rings (SSSR count). The van der Waals surface area contributed by atoms with Gasteiger partial charge in [0, 0.05) is 11.4 Å². The number of carboxylic acids is 1. The smallest absolute Gasteiger partial charge is 0.323 e. The number of aliphatic carboxylic acids is 1. The number of hydrogen-bond donors (Lipinski definition) is 2. The first kappa shape index (κ1) is 16.2. The Kier molecular flexibility index (Phi) is 5.58. The summed E-state index contributed by atoms with van der Waals surface area (Å²) < 4.78 is 11.5. The third-order valence-electron chi connectivity index (χ3n) is 3.66. The number of hydrogen-bond acceptors (Lipinski definition) is 4. The average Bonchev–Trinajstić information content (AvgIpc) is 2.78. The molecule has 4 atom stereocenters. The summed E-state index contributed by atoms with van der Waals surface area (Å²) in [5, 5.41) is 12.6. The van der Waals surface area contributed by atoms with E-state index in [1.807, 2.05) is 25.1 Å². The van der Waals surface area contributed by atoms with Crippen molar-refractivity contribution in [2.75, 3.05) is 7.05 Å². The van der Waals surface area contributed by atoms with Crippen molar-refractivity contribution >= 4 is 17.6 Å². The lowest BCUT2D eigenvalue weighted by atomic mass is 9.97. The number of rotatable bonds is 6. The van der Waals surface area contributed by atoms with Crippen LogP contribution in [0.25, 0.3) is 0 Å². The van der Waals surface area contributed by atoms with Gasteiger partial charge in [0.2, 0.25) is 0 Å². The Hall–Kier alpha value is -1.14. The minimum atomic E-state index is -0.912. The Balaban J connectivity index is 1.90. The summed E-state index contributed by atoms with van der Waals surface area (Å²) >= 11 is 5.92. The van der Waals surface area contributed by atoms with Crippen LogP contribution in [0.3, 0.4) is 0 Å². The molecule has 1 aliphatic rings. The molecular weight excluding hydrogens is 294 g/mol. The molecule has 1 aliphatic heterocycles. The molecule has 0 aliphatic carbocycles. The van der Waals surface area contributed by atoms with Crippen LogP contribution in [0, 0.1) is 5.92 Å². The van der Waals surface area contributed by atoms with Crippen LogP contribution in [0.2, 0.25) is 5.02 Å². The van der Waals surface area contributed by atoms with Crippen LogP contribution in [-0.2, 0) is 20.9 Å². The van der Waals surface area contributed by atoms with Gasteiger partial charge in [-0.25, -0.2) is 0 Å². The number of ether oxygens (including phenoxy) is 2. The molecule has 6 heteroatoms. The van der Waals surface area contributed by atoms with E-state index in [2.05, 4.69) is 5.32 Å². The van der Waals surface area contributed by atoms with Crippen LogP contribution in [-0.4, -0.2) is 36.6 Å². The lowest BCUT2D eigenvalue weighted by Crippen LogP contribution is -2.46. The van der Waals surface area contributed by atoms with E-state index in [0.717, 1.165) is 5.56 Å². The predicted octanol–water partition coefficient (Wildman–Crippen LogP) is 2.28. The summed E-state index contributed by atoms with van der Waals surface area (Å²) in [7, 11) is 1.62. The van der Waals surface area contributed by atoms with Crippen molar-refractivity contribution in [3.63, 3.8) is 0 Å². The van der Waals surface area contributed by atoms with Crippen molar-refractivity contribution in [1.29, 1.82) is 0 Å². The van der Waals surface area contributed by atoms with E-state index in [0.29, 0.717) is 18.1 Å². The highest BCUT2D eigenvalue weighted by atomic mass is 35.5. The molecule has 0 spiro atoms. The largest absolute Gasteiger partial charge is 0.480 e. The summed E-state index contributed by atoms with van der Waals surface area (Å²) in [6.45, 7) is 2.36. The Morgan fingerprint density at radius 1 is 1.62 bits per heavy atom. The maximum atomic E-state index is 11.2. The molecule has 116 valence electrons. The Labute approximate surface area is 129 Å². The van der Waals surface area contributed by atoms with Crippen LogP contribution < -0.4 is 5.32 Å². The first-order chi connectivity index (χ1) is 10.0. The van der Waals surface area contributed by atoms with Gasteiger partial charge in [-0.2, -0.15) is 0 Å². The quantitative estimate of drug-likeness (QED) is 0.843. The third kappa shape index (κ3) is 4.17. The summed E-state index contributed by atoms with van der Waals surface area (Å²) in [4.78, 5) is 11.2. The summed E-state index contributed by atoms with van der Waals surface area (Å²) in [6, 6.07) is 6.71. The van der Waals surface area contributed by atoms with Crippen molar-refractivity contribution < 1.29 is 19.4 Å². The fourth-order valence-electron chi connectivity index (χ4n) is 2.56. The average molecular weight is 314 g/mol. The molecule has 1 aromatic rings. The van der Waals surface area contributed by atoms with Crippen LogP contribution in [0.1, 0.15) is 18.9 Å². The van der Waals surface area contributed by atoms with E-state index in [9.17, 15) is 9.90 Å². The number of benzene rings is 1. The first-order valence-corrected chi connectivity index (χ1v) is 7.30. The van der Waals surface area contributed by atoms with E-state index in [-0.39, 0.29) is 12.2 Å². The molecule has 0 amide bonds. The van der Waals surface area contributed by atoms with Crippen molar-refractivity contribution in [3.8, 4) is 0 Å². The third-order valence-corrected chi connectivity index (χ3v) is 3.90. The van der Waals surface area contributed by atoms with E-state index >= 15 is 0 Å². The summed E-state index contributed by atoms with van der Waals surface area (Å²) in [6.07, 6.45) is -0.104. The summed E-state index contributed by atoms with van der Waals surface area (Å²) in [5.41, 5.74) is 0.964. The highest BCUT2D eigenvalue weighted by molar-refractivity contribution is 6.30. The Morgan fingerprint density at radius 3 is 3.00 bits per heavy atom. The van der Waals surface area contributed by atoms with Crippen molar-refractivity contribution in [1.82, 2.24) is 5.32 Å². The van der Waals surface area contributed by atoms with Crippen LogP contribution in [0.5, 0.6) is 0 Å². The van der Waals surface area contributed by atoms with Crippen molar-refractivity contribution in [2.45, 2.75) is 38.4 Å². The maximum absolute atomic E-state index is 11.2. The molecular formula is C15H20ClNO4. The predicted molar refractivity (Wildman–Crippen MR) is 79.2 cm³/mol. The molecule has 0 radical (unpaired) electrons. The molecule has 1 aromatic carbocycles. The van der Waals surface area contributed by atoms with Gasteiger partial charge in [-0.1, -0.05) is 30.7 Å². The van der Waals surface area contributed by atoms with Gasteiger partial charge < -0.3 is 19.9 Å². The van der Waals surface area contributed by atoms with Gasteiger partial charge in [0.15, 0.2) is 6.29 Å². The number of carbonyl (C=O) groups is 1.